The predicted octanol–water partition coefficient (Wildman–Crippen LogP) is 1.04. The molecule has 0 saturated carbocycles. The lowest BCUT2D eigenvalue weighted by Crippen LogP contribution is -2.26. The molecule has 1 aromatic rings. The van der Waals surface area contributed by atoms with Gasteiger partial charge in [-0.1, -0.05) is 6.92 Å². The fraction of sp³-hybridized carbons (Fsp3) is 0.818. The third kappa shape index (κ3) is 3.28. The normalized spacial score (nSPS) is 15.4. The molecule has 0 fully saturated rings. The molecule has 1 aromatic heterocycles. The summed E-state index contributed by atoms with van der Waals surface area (Å²) < 4.78 is 6.85. The van der Waals surface area contributed by atoms with Gasteiger partial charge in [0.15, 0.2) is 0 Å². The Morgan fingerprint density at radius 2 is 2.12 bits per heavy atom. The standard InChI is InChI=1S/C11H21N3O2/c1-8(2)14-11(12-7-13-14)5-10(15)9(3)6-16-4/h7-10,15H,5-6H2,1-4H3. The second kappa shape index (κ2) is 5.96. The summed E-state index contributed by atoms with van der Waals surface area (Å²) in [5.74, 6) is 0.924. The lowest BCUT2D eigenvalue weighted by atomic mass is 10.0. The summed E-state index contributed by atoms with van der Waals surface area (Å²) in [6.07, 6.45) is 1.60. The summed E-state index contributed by atoms with van der Waals surface area (Å²) in [6, 6.07) is 0.266. The fourth-order valence-corrected chi connectivity index (χ4v) is 1.61. The molecule has 0 spiro atoms. The van der Waals surface area contributed by atoms with Gasteiger partial charge in [-0.15, -0.1) is 0 Å². The number of hydrogen-bond acceptors (Lipinski definition) is 4. The number of hydrogen-bond donors (Lipinski definition) is 1. The molecule has 16 heavy (non-hydrogen) atoms. The molecule has 0 amide bonds. The molecule has 92 valence electrons. The monoisotopic (exact) mass is 227 g/mol. The molecule has 2 atom stereocenters. The van der Waals surface area contributed by atoms with Crippen LogP contribution in [-0.2, 0) is 11.2 Å². The maximum Gasteiger partial charge on any atom is 0.138 e. The van der Waals surface area contributed by atoms with E-state index < -0.39 is 6.10 Å². The summed E-state index contributed by atoms with van der Waals surface area (Å²) in [5, 5.41) is 14.1. The van der Waals surface area contributed by atoms with E-state index in [0.717, 1.165) is 5.82 Å². The quantitative estimate of drug-likeness (QED) is 0.789. The number of methoxy groups -OCH3 is 1. The van der Waals surface area contributed by atoms with Crippen molar-refractivity contribution < 1.29 is 9.84 Å². The van der Waals surface area contributed by atoms with Crippen molar-refractivity contribution in [2.24, 2.45) is 5.92 Å². The number of aliphatic hydroxyl groups is 1. The van der Waals surface area contributed by atoms with Crippen molar-refractivity contribution in [2.45, 2.75) is 39.3 Å². The van der Waals surface area contributed by atoms with E-state index in [0.29, 0.717) is 13.0 Å². The predicted molar refractivity (Wildman–Crippen MR) is 61.2 cm³/mol. The van der Waals surface area contributed by atoms with Crippen LogP contribution in [-0.4, -0.2) is 39.7 Å². The molecule has 1 heterocycles. The van der Waals surface area contributed by atoms with Gasteiger partial charge < -0.3 is 9.84 Å². The number of aromatic nitrogens is 3. The van der Waals surface area contributed by atoms with Gasteiger partial charge in [-0.2, -0.15) is 5.10 Å². The van der Waals surface area contributed by atoms with Crippen molar-refractivity contribution in [3.8, 4) is 0 Å². The third-order valence-electron chi connectivity index (χ3n) is 2.61. The van der Waals surface area contributed by atoms with E-state index in [1.807, 2.05) is 25.5 Å². The van der Waals surface area contributed by atoms with Crippen LogP contribution >= 0.6 is 0 Å². The van der Waals surface area contributed by atoms with E-state index >= 15 is 0 Å². The van der Waals surface area contributed by atoms with Crippen molar-refractivity contribution >= 4 is 0 Å². The summed E-state index contributed by atoms with van der Waals surface area (Å²) in [7, 11) is 1.64. The van der Waals surface area contributed by atoms with Gasteiger partial charge in [-0.25, -0.2) is 9.67 Å². The minimum atomic E-state index is -0.443. The maximum atomic E-state index is 9.97. The van der Waals surface area contributed by atoms with Gasteiger partial charge in [0.25, 0.3) is 0 Å². The van der Waals surface area contributed by atoms with Gasteiger partial charge in [0.1, 0.15) is 12.2 Å². The van der Waals surface area contributed by atoms with E-state index in [4.69, 9.17) is 4.74 Å². The number of rotatable bonds is 6. The highest BCUT2D eigenvalue weighted by Gasteiger charge is 2.18. The molecule has 0 radical (unpaired) electrons. The molecule has 0 aliphatic rings. The lowest BCUT2D eigenvalue weighted by Gasteiger charge is -2.18. The number of nitrogens with zero attached hydrogens (tertiary/aromatic N) is 3. The number of aliphatic hydroxyl groups excluding tert-OH is 1. The minimum absolute atomic E-state index is 0.0994. The average molecular weight is 227 g/mol. The first-order valence-corrected chi connectivity index (χ1v) is 5.61. The minimum Gasteiger partial charge on any atom is -0.392 e. The molecule has 5 nitrogen and oxygen atoms in total. The third-order valence-corrected chi connectivity index (χ3v) is 2.61. The molecule has 1 rings (SSSR count). The first kappa shape index (κ1) is 13.1. The van der Waals surface area contributed by atoms with Crippen LogP contribution in [0.4, 0.5) is 0 Å². The fourth-order valence-electron chi connectivity index (χ4n) is 1.61. The van der Waals surface area contributed by atoms with Gasteiger partial charge in [0.2, 0.25) is 0 Å². The first-order valence-electron chi connectivity index (χ1n) is 5.61. The molecule has 0 aliphatic heterocycles. The van der Waals surface area contributed by atoms with Crippen molar-refractivity contribution in [2.75, 3.05) is 13.7 Å². The van der Waals surface area contributed by atoms with Crippen LogP contribution in [0.1, 0.15) is 32.6 Å². The average Bonchev–Trinajstić information content (AvgIpc) is 2.66. The van der Waals surface area contributed by atoms with Crippen LogP contribution < -0.4 is 0 Å². The van der Waals surface area contributed by atoms with Crippen molar-refractivity contribution in [3.63, 3.8) is 0 Å². The van der Waals surface area contributed by atoms with Crippen LogP contribution in [0.3, 0.4) is 0 Å². The van der Waals surface area contributed by atoms with Crippen LogP contribution in [0.15, 0.2) is 6.33 Å². The molecular weight excluding hydrogens is 206 g/mol. The van der Waals surface area contributed by atoms with Gasteiger partial charge in [-0.05, 0) is 13.8 Å². The van der Waals surface area contributed by atoms with Crippen molar-refractivity contribution in [1.29, 1.82) is 0 Å². The second-order valence-corrected chi connectivity index (χ2v) is 4.42. The van der Waals surface area contributed by atoms with E-state index in [1.165, 1.54) is 6.33 Å². The van der Waals surface area contributed by atoms with Crippen molar-refractivity contribution in [1.82, 2.24) is 14.8 Å². The SMILES string of the molecule is COCC(C)C(O)Cc1ncnn1C(C)C. The summed E-state index contributed by atoms with van der Waals surface area (Å²) in [6.45, 7) is 6.60. The molecular formula is C11H21N3O2. The zero-order valence-corrected chi connectivity index (χ0v) is 10.4. The largest absolute Gasteiger partial charge is 0.392 e. The number of ether oxygens (including phenoxy) is 1. The Kier molecular flexibility index (Phi) is 4.89. The van der Waals surface area contributed by atoms with Gasteiger partial charge >= 0.3 is 0 Å². The van der Waals surface area contributed by atoms with E-state index in [2.05, 4.69) is 10.1 Å². The smallest absolute Gasteiger partial charge is 0.138 e. The highest BCUT2D eigenvalue weighted by Crippen LogP contribution is 2.12. The molecule has 5 heteroatoms. The second-order valence-electron chi connectivity index (χ2n) is 4.42. The van der Waals surface area contributed by atoms with Crippen LogP contribution in [0.2, 0.25) is 0 Å². The maximum absolute atomic E-state index is 9.97. The van der Waals surface area contributed by atoms with Gasteiger partial charge in [-0.3, -0.25) is 0 Å². The first-order chi connectivity index (χ1) is 7.56. The molecule has 0 bridgehead atoms. The summed E-state index contributed by atoms with van der Waals surface area (Å²) in [4.78, 5) is 4.17. The van der Waals surface area contributed by atoms with Gasteiger partial charge in [0.05, 0.1) is 12.7 Å². The molecule has 0 saturated heterocycles. The molecule has 2 unspecified atom stereocenters. The zero-order chi connectivity index (χ0) is 12.1. The Bertz CT molecular complexity index is 312. The molecule has 0 aliphatic carbocycles. The molecule has 1 N–H and O–H groups in total. The highest BCUT2D eigenvalue weighted by atomic mass is 16.5. The summed E-state index contributed by atoms with van der Waals surface area (Å²) >= 11 is 0. The Balaban J connectivity index is 2.62. The Morgan fingerprint density at radius 1 is 1.44 bits per heavy atom. The molecule has 0 aromatic carbocycles. The van der Waals surface area contributed by atoms with Crippen LogP contribution in [0, 0.1) is 5.92 Å². The Labute approximate surface area is 96.5 Å². The van der Waals surface area contributed by atoms with E-state index in [9.17, 15) is 5.11 Å². The van der Waals surface area contributed by atoms with Crippen LogP contribution in [0.25, 0.3) is 0 Å². The van der Waals surface area contributed by atoms with E-state index in [1.54, 1.807) is 7.11 Å². The summed E-state index contributed by atoms with van der Waals surface area (Å²) in [5.41, 5.74) is 0. The Morgan fingerprint density at radius 3 is 2.69 bits per heavy atom. The lowest BCUT2D eigenvalue weighted by molar-refractivity contribution is 0.0555. The van der Waals surface area contributed by atoms with Crippen molar-refractivity contribution in [3.05, 3.63) is 12.2 Å². The van der Waals surface area contributed by atoms with Gasteiger partial charge in [0, 0.05) is 25.5 Å². The van der Waals surface area contributed by atoms with E-state index in [-0.39, 0.29) is 12.0 Å². The topological polar surface area (TPSA) is 60.2 Å². The zero-order valence-electron chi connectivity index (χ0n) is 10.4. The van der Waals surface area contributed by atoms with Crippen LogP contribution in [0.5, 0.6) is 0 Å². The highest BCUT2D eigenvalue weighted by molar-refractivity contribution is 4.90. The Hall–Kier alpha value is -0.940.